The summed E-state index contributed by atoms with van der Waals surface area (Å²) in [7, 11) is 0. The number of ether oxygens (including phenoxy) is 2. The van der Waals surface area contributed by atoms with Gasteiger partial charge in [-0.15, -0.1) is 0 Å². The van der Waals surface area contributed by atoms with Crippen molar-refractivity contribution < 1.29 is 35.0 Å². The molecule has 0 aromatic heterocycles. The van der Waals surface area contributed by atoms with Gasteiger partial charge in [-0.1, -0.05) is 30.1 Å². The number of hydrogen-bond donors (Lipinski definition) is 5. The van der Waals surface area contributed by atoms with Crippen molar-refractivity contribution in [3.63, 3.8) is 0 Å². The van der Waals surface area contributed by atoms with Crippen LogP contribution in [-0.2, 0) is 9.47 Å². The fourth-order valence-electron chi connectivity index (χ4n) is 2.33. The number of unbranched alkanes of at least 4 members (excludes halogenated alkanes) is 1. The average Bonchev–Trinajstić information content (AvgIpc) is 2.67. The summed E-state index contributed by atoms with van der Waals surface area (Å²) in [5.74, 6) is 10.9. The molecule has 7 heteroatoms. The molecular weight excluding hydrogens is 352 g/mol. The normalized spacial score (nSPS) is 29.2. The van der Waals surface area contributed by atoms with Gasteiger partial charge in [0.2, 0.25) is 0 Å². The molecule has 1 fully saturated rings. The largest absolute Gasteiger partial charge is 0.396 e. The molecule has 7 nitrogen and oxygen atoms in total. The second kappa shape index (κ2) is 13.5. The van der Waals surface area contributed by atoms with Crippen molar-refractivity contribution in [2.24, 2.45) is 0 Å². The van der Waals surface area contributed by atoms with Crippen molar-refractivity contribution in [1.82, 2.24) is 0 Å². The molecule has 0 radical (unpaired) electrons. The van der Waals surface area contributed by atoms with Crippen LogP contribution in [0.25, 0.3) is 0 Å². The van der Waals surface area contributed by atoms with Crippen LogP contribution in [0.15, 0.2) is 24.3 Å². The van der Waals surface area contributed by atoms with E-state index in [1.54, 1.807) is 18.2 Å². The molecule has 6 atom stereocenters. The van der Waals surface area contributed by atoms with Crippen LogP contribution in [0.2, 0.25) is 0 Å². The van der Waals surface area contributed by atoms with Crippen molar-refractivity contribution in [3.8, 4) is 23.7 Å². The number of aliphatic hydroxyl groups is 5. The molecule has 0 unspecified atom stereocenters. The van der Waals surface area contributed by atoms with Gasteiger partial charge < -0.3 is 35.0 Å². The lowest BCUT2D eigenvalue weighted by atomic mass is 9.99. The van der Waals surface area contributed by atoms with Gasteiger partial charge in [0.1, 0.15) is 24.4 Å². The van der Waals surface area contributed by atoms with Gasteiger partial charge in [-0.3, -0.25) is 0 Å². The Morgan fingerprint density at radius 1 is 1.11 bits per heavy atom. The lowest BCUT2D eigenvalue weighted by molar-refractivity contribution is -0.307. The highest BCUT2D eigenvalue weighted by Crippen LogP contribution is 2.23. The molecule has 0 aromatic carbocycles. The summed E-state index contributed by atoms with van der Waals surface area (Å²) in [6, 6.07) is 0. The van der Waals surface area contributed by atoms with E-state index < -0.39 is 43.4 Å². The number of aliphatic hydroxyl groups excluding tert-OH is 5. The first kappa shape index (κ1) is 23.4. The maximum Gasteiger partial charge on any atom is 0.187 e. The minimum absolute atomic E-state index is 0.0723. The molecule has 0 aromatic rings. The molecule has 0 bridgehead atoms. The van der Waals surface area contributed by atoms with Gasteiger partial charge in [-0.25, -0.2) is 0 Å². The van der Waals surface area contributed by atoms with Crippen LogP contribution in [-0.4, -0.2) is 75.6 Å². The Labute approximate surface area is 159 Å². The van der Waals surface area contributed by atoms with Crippen molar-refractivity contribution in [1.29, 1.82) is 0 Å². The van der Waals surface area contributed by atoms with Gasteiger partial charge >= 0.3 is 0 Å². The molecule has 150 valence electrons. The summed E-state index contributed by atoms with van der Waals surface area (Å²) < 4.78 is 11.1. The van der Waals surface area contributed by atoms with E-state index in [9.17, 15) is 20.4 Å². The minimum Gasteiger partial charge on any atom is -0.396 e. The summed E-state index contributed by atoms with van der Waals surface area (Å²) in [6.07, 6.45) is 1.26. The maximum atomic E-state index is 10.1. The van der Waals surface area contributed by atoms with Crippen molar-refractivity contribution >= 4 is 0 Å². The Morgan fingerprint density at radius 3 is 2.56 bits per heavy atom. The molecule has 5 N–H and O–H groups in total. The highest BCUT2D eigenvalue weighted by Gasteiger charge is 2.44. The van der Waals surface area contributed by atoms with E-state index in [2.05, 4.69) is 23.7 Å². The zero-order valence-electron chi connectivity index (χ0n) is 15.4. The van der Waals surface area contributed by atoms with Crippen LogP contribution in [0.5, 0.6) is 0 Å². The molecule has 1 saturated heterocycles. The molecule has 1 rings (SSSR count). The molecular formula is C20H28O7. The van der Waals surface area contributed by atoms with E-state index in [-0.39, 0.29) is 13.0 Å². The van der Waals surface area contributed by atoms with Crippen molar-refractivity contribution in [2.75, 3.05) is 13.2 Å². The van der Waals surface area contributed by atoms with E-state index in [1.807, 2.05) is 13.0 Å². The first-order chi connectivity index (χ1) is 13.0. The van der Waals surface area contributed by atoms with Gasteiger partial charge in [0.25, 0.3) is 0 Å². The Kier molecular flexibility index (Phi) is 11.7. The lowest BCUT2D eigenvalue weighted by Crippen LogP contribution is -2.59. The fourth-order valence-corrected chi connectivity index (χ4v) is 2.33. The zero-order chi connectivity index (χ0) is 20.1. The lowest BCUT2D eigenvalue weighted by Gasteiger charge is -2.40. The van der Waals surface area contributed by atoms with E-state index in [1.165, 1.54) is 0 Å². The summed E-state index contributed by atoms with van der Waals surface area (Å²) >= 11 is 0. The second-order valence-electron chi connectivity index (χ2n) is 5.94. The second-order valence-corrected chi connectivity index (χ2v) is 5.94. The fraction of sp³-hybridized carbons (Fsp3) is 0.600. The number of allylic oxidation sites excluding steroid dienone is 3. The third-order valence-electron chi connectivity index (χ3n) is 3.81. The van der Waals surface area contributed by atoms with Gasteiger partial charge in [0.15, 0.2) is 6.29 Å². The Morgan fingerprint density at radius 2 is 1.89 bits per heavy atom. The van der Waals surface area contributed by atoms with Gasteiger partial charge in [-0.2, -0.15) is 0 Å². The van der Waals surface area contributed by atoms with E-state index in [0.29, 0.717) is 12.8 Å². The predicted octanol–water partition coefficient (Wildman–Crippen LogP) is -0.527. The number of rotatable bonds is 8. The highest BCUT2D eigenvalue weighted by molar-refractivity contribution is 5.30. The SMILES string of the molecule is C/C=C/C#CC#CC[C@H](/C=C/CCCO)O[C@@H]1O[C@H](CO)[C@@H](O)[C@H](O)[C@H]1O. The molecule has 27 heavy (non-hydrogen) atoms. The van der Waals surface area contributed by atoms with E-state index >= 15 is 0 Å². The van der Waals surface area contributed by atoms with Crippen LogP contribution in [0.1, 0.15) is 26.2 Å². The third kappa shape index (κ3) is 8.25. The summed E-state index contributed by atoms with van der Waals surface area (Å²) in [5, 5.41) is 47.9. The Bertz CT molecular complexity index is 591. The highest BCUT2D eigenvalue weighted by atomic mass is 16.7. The average molecular weight is 380 g/mol. The predicted molar refractivity (Wildman–Crippen MR) is 99.1 cm³/mol. The molecule has 0 saturated carbocycles. The van der Waals surface area contributed by atoms with Crippen LogP contribution in [0.4, 0.5) is 0 Å². The topological polar surface area (TPSA) is 120 Å². The maximum absolute atomic E-state index is 10.1. The van der Waals surface area contributed by atoms with Crippen molar-refractivity contribution in [2.45, 2.75) is 63.0 Å². The first-order valence-corrected chi connectivity index (χ1v) is 8.88. The zero-order valence-corrected chi connectivity index (χ0v) is 15.4. The van der Waals surface area contributed by atoms with Crippen LogP contribution < -0.4 is 0 Å². The third-order valence-corrected chi connectivity index (χ3v) is 3.81. The van der Waals surface area contributed by atoms with Crippen LogP contribution >= 0.6 is 0 Å². The standard InChI is InChI=1S/C20H28O7/c1-2-3-4-5-6-8-11-15(12-9-7-10-13-21)26-20-19(25)18(24)17(23)16(14-22)27-20/h2-3,9,12,15-25H,7,10-11,13-14H2,1H3/b3-2+,12-9+/t15-,16-,17-,18+,19-,20-/m1/s1. The molecule has 1 aliphatic heterocycles. The minimum atomic E-state index is -1.50. The molecule has 0 aliphatic carbocycles. The quantitative estimate of drug-likeness (QED) is 0.218. The first-order valence-electron chi connectivity index (χ1n) is 8.88. The molecule has 1 heterocycles. The van der Waals surface area contributed by atoms with Gasteiger partial charge in [0, 0.05) is 13.0 Å². The summed E-state index contributed by atoms with van der Waals surface area (Å²) in [6.45, 7) is 1.40. The Hall–Kier alpha value is -1.68. The molecule has 1 aliphatic rings. The van der Waals surface area contributed by atoms with Crippen LogP contribution in [0.3, 0.4) is 0 Å². The Balaban J connectivity index is 2.79. The molecule has 0 spiro atoms. The smallest absolute Gasteiger partial charge is 0.187 e. The van der Waals surface area contributed by atoms with E-state index in [0.717, 1.165) is 0 Å². The number of hydrogen-bond acceptors (Lipinski definition) is 7. The summed E-state index contributed by atoms with van der Waals surface area (Å²) in [4.78, 5) is 0. The van der Waals surface area contributed by atoms with Crippen LogP contribution in [0, 0.1) is 23.7 Å². The van der Waals surface area contributed by atoms with Gasteiger partial charge in [0.05, 0.1) is 12.7 Å². The molecule has 0 amide bonds. The monoisotopic (exact) mass is 380 g/mol. The van der Waals surface area contributed by atoms with Crippen molar-refractivity contribution in [3.05, 3.63) is 24.3 Å². The summed E-state index contributed by atoms with van der Waals surface area (Å²) in [5.41, 5.74) is 0. The van der Waals surface area contributed by atoms with Gasteiger partial charge in [-0.05, 0) is 37.7 Å². The van der Waals surface area contributed by atoms with E-state index in [4.69, 9.17) is 14.6 Å².